The highest BCUT2D eigenvalue weighted by atomic mass is 16.2. The van der Waals surface area contributed by atoms with Crippen LogP contribution in [-0.4, -0.2) is 41.1 Å². The van der Waals surface area contributed by atoms with E-state index in [1.54, 1.807) is 6.20 Å². The average Bonchev–Trinajstić information content (AvgIpc) is 3.16. The van der Waals surface area contributed by atoms with Crippen molar-refractivity contribution < 1.29 is 4.79 Å². The van der Waals surface area contributed by atoms with Crippen molar-refractivity contribution in [2.75, 3.05) is 18.4 Å². The monoisotopic (exact) mass is 337 g/mol. The maximum Gasteiger partial charge on any atom is 0.242 e. The van der Waals surface area contributed by atoms with Crippen molar-refractivity contribution in [2.24, 2.45) is 5.73 Å². The van der Waals surface area contributed by atoms with Crippen LogP contribution in [0.3, 0.4) is 0 Å². The minimum Gasteiger partial charge on any atom is -0.404 e. The van der Waals surface area contributed by atoms with Crippen LogP contribution in [0.25, 0.3) is 16.3 Å². The van der Waals surface area contributed by atoms with Crippen molar-refractivity contribution in [3.8, 4) is 0 Å². The molecule has 1 aromatic heterocycles. The molecule has 3 rings (SSSR count). The second-order valence-electron chi connectivity index (χ2n) is 6.31. The molecule has 0 aliphatic carbocycles. The van der Waals surface area contributed by atoms with E-state index in [1.807, 2.05) is 31.2 Å². The van der Waals surface area contributed by atoms with Gasteiger partial charge in [-0.25, -0.2) is 4.98 Å². The number of allylic oxidation sites excluding steroid dienone is 1. The molecule has 1 atom stereocenters. The summed E-state index contributed by atoms with van der Waals surface area (Å²) in [5, 5.41) is 12.2. The lowest BCUT2D eigenvalue weighted by Gasteiger charge is -2.22. The van der Waals surface area contributed by atoms with E-state index in [0.29, 0.717) is 11.4 Å². The maximum absolute atomic E-state index is 12.5. The highest BCUT2D eigenvalue weighted by Gasteiger charge is 2.24. The summed E-state index contributed by atoms with van der Waals surface area (Å²) in [5.41, 5.74) is 7.07. The van der Waals surface area contributed by atoms with Gasteiger partial charge in [0.05, 0.1) is 6.04 Å². The number of anilines is 1. The zero-order chi connectivity index (χ0) is 17.8. The number of hydrogen-bond donors (Lipinski definition) is 3. The topological polar surface area (TPSA) is 95.1 Å². The van der Waals surface area contributed by atoms with Crippen LogP contribution in [0.4, 0.5) is 5.82 Å². The number of fused-ring (bicyclic) bond motifs is 1. The fourth-order valence-corrected chi connectivity index (χ4v) is 3.14. The molecule has 6 nitrogen and oxygen atoms in total. The van der Waals surface area contributed by atoms with E-state index in [2.05, 4.69) is 15.2 Å². The zero-order valence-electron chi connectivity index (χ0n) is 14.3. The van der Waals surface area contributed by atoms with E-state index in [0.717, 1.165) is 42.3 Å². The van der Waals surface area contributed by atoms with Gasteiger partial charge < -0.3 is 16.5 Å². The lowest BCUT2D eigenvalue weighted by molar-refractivity contribution is -0.120. The molecule has 1 aliphatic rings. The summed E-state index contributed by atoms with van der Waals surface area (Å²) in [7, 11) is 0. The quantitative estimate of drug-likeness (QED) is 0.731. The van der Waals surface area contributed by atoms with Gasteiger partial charge in [0.1, 0.15) is 5.82 Å². The number of nitrogens with two attached hydrogens (primary N) is 1. The molecule has 0 radical (unpaired) electrons. The average molecular weight is 337 g/mol. The number of aromatic nitrogens is 1. The largest absolute Gasteiger partial charge is 0.404 e. The van der Waals surface area contributed by atoms with Crippen LogP contribution in [0.2, 0.25) is 0 Å². The van der Waals surface area contributed by atoms with E-state index in [1.165, 1.54) is 12.4 Å². The molecule has 0 spiro atoms. The molecule has 1 aliphatic heterocycles. The predicted octanol–water partition coefficient (Wildman–Crippen LogP) is 2.61. The first kappa shape index (κ1) is 17.1. The fourth-order valence-electron chi connectivity index (χ4n) is 3.14. The van der Waals surface area contributed by atoms with Gasteiger partial charge >= 0.3 is 0 Å². The standard InChI is InChI=1S/C19H23N5O/c1-13(24-6-2-3-7-24)19(25)23-18-9-16-8-14(17(10-20)11-21)4-5-15(16)12-22-18/h4-5,8-13,20H,2-3,6-7,21H2,1H3,(H,22,23,25)/b17-11+,20-10?. The van der Waals surface area contributed by atoms with Gasteiger partial charge in [-0.2, -0.15) is 0 Å². The second-order valence-corrected chi connectivity index (χ2v) is 6.31. The number of benzene rings is 1. The molecular formula is C19H23N5O. The van der Waals surface area contributed by atoms with Crippen molar-refractivity contribution in [3.05, 3.63) is 42.2 Å². The summed E-state index contributed by atoms with van der Waals surface area (Å²) in [4.78, 5) is 19.0. The van der Waals surface area contributed by atoms with Crippen LogP contribution in [0, 0.1) is 5.41 Å². The lowest BCUT2D eigenvalue weighted by Crippen LogP contribution is -2.40. The smallest absolute Gasteiger partial charge is 0.242 e. The number of nitrogens with zero attached hydrogens (tertiary/aromatic N) is 2. The summed E-state index contributed by atoms with van der Waals surface area (Å²) in [6.45, 7) is 3.88. The highest BCUT2D eigenvalue weighted by Crippen LogP contribution is 2.22. The second kappa shape index (κ2) is 7.44. The Kier molecular flexibility index (Phi) is 5.09. The molecule has 1 amide bonds. The van der Waals surface area contributed by atoms with Crippen LogP contribution in [0.15, 0.2) is 36.7 Å². The predicted molar refractivity (Wildman–Crippen MR) is 102 cm³/mol. The summed E-state index contributed by atoms with van der Waals surface area (Å²) in [6.07, 6.45) is 6.68. The van der Waals surface area contributed by atoms with Crippen molar-refractivity contribution in [2.45, 2.75) is 25.8 Å². The summed E-state index contributed by atoms with van der Waals surface area (Å²) in [6, 6.07) is 7.48. The van der Waals surface area contributed by atoms with Crippen molar-refractivity contribution in [1.82, 2.24) is 9.88 Å². The third kappa shape index (κ3) is 3.69. The number of rotatable bonds is 5. The van der Waals surface area contributed by atoms with Gasteiger partial charge in [-0.05, 0) is 55.9 Å². The van der Waals surface area contributed by atoms with Crippen LogP contribution >= 0.6 is 0 Å². The van der Waals surface area contributed by atoms with Crippen LogP contribution < -0.4 is 11.1 Å². The van der Waals surface area contributed by atoms with Gasteiger partial charge in [-0.3, -0.25) is 9.69 Å². The Morgan fingerprint density at radius 2 is 2.08 bits per heavy atom. The van der Waals surface area contributed by atoms with Gasteiger partial charge in [-0.1, -0.05) is 12.1 Å². The fraction of sp³-hybridized carbons (Fsp3) is 0.316. The molecular weight excluding hydrogens is 314 g/mol. The zero-order valence-corrected chi connectivity index (χ0v) is 14.3. The van der Waals surface area contributed by atoms with E-state index >= 15 is 0 Å². The minimum absolute atomic E-state index is 0.0352. The number of hydrogen-bond acceptors (Lipinski definition) is 5. The van der Waals surface area contributed by atoms with Crippen molar-refractivity contribution in [1.29, 1.82) is 5.41 Å². The number of nitrogens with one attached hydrogen (secondary N) is 2. The Labute approximate surface area is 147 Å². The number of amides is 1. The maximum atomic E-state index is 12.5. The number of likely N-dealkylation sites (tertiary alicyclic amines) is 1. The third-order valence-electron chi connectivity index (χ3n) is 4.71. The Balaban J connectivity index is 1.82. The first-order valence-corrected chi connectivity index (χ1v) is 8.50. The van der Waals surface area contributed by atoms with Gasteiger partial charge in [0.25, 0.3) is 0 Å². The molecule has 2 heterocycles. The molecule has 25 heavy (non-hydrogen) atoms. The van der Waals surface area contributed by atoms with E-state index in [9.17, 15) is 4.79 Å². The summed E-state index contributed by atoms with van der Waals surface area (Å²) in [5.74, 6) is 0.501. The minimum atomic E-state index is -0.156. The molecule has 0 bridgehead atoms. The third-order valence-corrected chi connectivity index (χ3v) is 4.71. The Morgan fingerprint density at radius 3 is 2.76 bits per heavy atom. The van der Waals surface area contributed by atoms with Gasteiger partial charge in [0.2, 0.25) is 5.91 Å². The molecule has 0 saturated carbocycles. The van der Waals surface area contributed by atoms with E-state index < -0.39 is 0 Å². The summed E-state index contributed by atoms with van der Waals surface area (Å²) >= 11 is 0. The van der Waals surface area contributed by atoms with Crippen LogP contribution in [0.1, 0.15) is 25.3 Å². The summed E-state index contributed by atoms with van der Waals surface area (Å²) < 4.78 is 0. The number of carbonyl (C=O) groups excluding carboxylic acids is 1. The Bertz CT molecular complexity index is 824. The van der Waals surface area contributed by atoms with E-state index in [-0.39, 0.29) is 11.9 Å². The van der Waals surface area contributed by atoms with Gasteiger partial charge in [0, 0.05) is 29.6 Å². The molecule has 2 aromatic rings. The van der Waals surface area contributed by atoms with Crippen molar-refractivity contribution in [3.63, 3.8) is 0 Å². The first-order chi connectivity index (χ1) is 12.1. The first-order valence-electron chi connectivity index (χ1n) is 8.50. The lowest BCUT2D eigenvalue weighted by atomic mass is 10.0. The molecule has 1 aromatic carbocycles. The van der Waals surface area contributed by atoms with Gasteiger partial charge in [-0.15, -0.1) is 0 Å². The van der Waals surface area contributed by atoms with Crippen LogP contribution in [-0.2, 0) is 4.79 Å². The number of carbonyl (C=O) groups is 1. The van der Waals surface area contributed by atoms with Crippen LogP contribution in [0.5, 0.6) is 0 Å². The number of pyridine rings is 1. The SMILES string of the molecule is CC(C(=O)Nc1cc2cc(/C(C=N)=C/N)ccc2cn1)N1CCCC1. The molecule has 1 unspecified atom stereocenters. The Hall–Kier alpha value is -2.73. The highest BCUT2D eigenvalue weighted by molar-refractivity contribution is 6.09. The normalized spacial score (nSPS) is 16.8. The van der Waals surface area contributed by atoms with E-state index in [4.69, 9.17) is 11.1 Å². The Morgan fingerprint density at radius 1 is 1.32 bits per heavy atom. The molecule has 4 N–H and O–H groups in total. The van der Waals surface area contributed by atoms with Crippen molar-refractivity contribution >= 4 is 34.3 Å². The molecule has 6 heteroatoms. The molecule has 1 saturated heterocycles. The molecule has 1 fully saturated rings. The molecule has 130 valence electrons. The van der Waals surface area contributed by atoms with Gasteiger partial charge in [0.15, 0.2) is 0 Å².